The molecule has 2 amide bonds. The number of nitrogens with two attached hydrogens (primary N) is 2. The van der Waals surface area contributed by atoms with E-state index < -0.39 is 46.7 Å². The fourth-order valence-corrected chi connectivity index (χ4v) is 4.27. The van der Waals surface area contributed by atoms with E-state index in [1.54, 1.807) is 0 Å². The minimum absolute atomic E-state index is 0.0533. The van der Waals surface area contributed by atoms with Gasteiger partial charge in [0.25, 0.3) is 11.1 Å². The molecule has 16 heteroatoms. The molecule has 0 aromatic heterocycles. The van der Waals surface area contributed by atoms with Crippen molar-refractivity contribution in [3.8, 4) is 0 Å². The zero-order chi connectivity index (χ0) is 29.0. The Kier molecular flexibility index (Phi) is 8.78. The maximum Gasteiger partial charge on any atom is 0.416 e. The summed E-state index contributed by atoms with van der Waals surface area (Å²) < 4.78 is 79.0. The topological polar surface area (TPSA) is 147 Å². The van der Waals surface area contributed by atoms with Crippen LogP contribution >= 0.6 is 11.8 Å². The first-order chi connectivity index (χ1) is 18.2. The monoisotopic (exact) mass is 574 g/mol. The third-order valence-corrected chi connectivity index (χ3v) is 6.10. The van der Waals surface area contributed by atoms with Crippen LogP contribution in [-0.4, -0.2) is 41.4 Å². The van der Waals surface area contributed by atoms with Crippen LogP contribution in [0.5, 0.6) is 0 Å². The van der Waals surface area contributed by atoms with Crippen molar-refractivity contribution in [3.05, 3.63) is 69.1 Å². The van der Waals surface area contributed by atoms with Gasteiger partial charge in [0.2, 0.25) is 5.96 Å². The molecule has 3 rings (SSSR count). The second kappa shape index (κ2) is 11.7. The van der Waals surface area contributed by atoms with E-state index in [-0.39, 0.29) is 41.3 Å². The number of nitrogens with one attached hydrogen (secondary N) is 2. The number of thioether (sulfide) groups is 1. The van der Waals surface area contributed by atoms with Crippen molar-refractivity contribution >= 4 is 46.8 Å². The molecule has 2 aromatic rings. The number of rotatable bonds is 9. The number of guanidine groups is 1. The van der Waals surface area contributed by atoms with Crippen LogP contribution in [-0.2, 0) is 28.5 Å². The first-order valence-electron chi connectivity index (χ1n) is 10.8. The highest BCUT2D eigenvalue weighted by molar-refractivity contribution is 8.18. The van der Waals surface area contributed by atoms with Gasteiger partial charge in [0, 0.05) is 24.0 Å². The molecule has 0 atom stereocenters. The summed E-state index contributed by atoms with van der Waals surface area (Å²) in [5.74, 6) is -0.928. The van der Waals surface area contributed by atoms with Crippen molar-refractivity contribution in [1.82, 2.24) is 4.90 Å². The van der Waals surface area contributed by atoms with Crippen molar-refractivity contribution < 1.29 is 40.8 Å². The molecule has 1 fully saturated rings. The molecular formula is C23H20F6N6O3S. The summed E-state index contributed by atoms with van der Waals surface area (Å²) in [7, 11) is 0. The van der Waals surface area contributed by atoms with E-state index in [2.05, 4.69) is 10.5 Å². The van der Waals surface area contributed by atoms with Gasteiger partial charge in [-0.05, 0) is 58.4 Å². The number of halogens is 6. The van der Waals surface area contributed by atoms with Gasteiger partial charge in [-0.2, -0.15) is 26.3 Å². The molecule has 9 nitrogen and oxygen atoms in total. The minimum Gasteiger partial charge on any atom is -0.391 e. The van der Waals surface area contributed by atoms with Crippen LogP contribution < -0.4 is 16.8 Å². The van der Waals surface area contributed by atoms with Crippen LogP contribution in [0.3, 0.4) is 0 Å². The number of hydrogen-bond donors (Lipinski definition) is 4. The Hall–Kier alpha value is -4.21. The number of amides is 2. The Morgan fingerprint density at radius 1 is 1.08 bits per heavy atom. The van der Waals surface area contributed by atoms with Gasteiger partial charge in [-0.15, -0.1) is 0 Å². The highest BCUT2D eigenvalue weighted by atomic mass is 32.2. The maximum atomic E-state index is 13.4. The third-order valence-electron chi connectivity index (χ3n) is 5.19. The molecule has 0 radical (unpaired) electrons. The van der Waals surface area contributed by atoms with E-state index >= 15 is 0 Å². The van der Waals surface area contributed by atoms with Crippen LogP contribution in [0.25, 0.3) is 6.08 Å². The Bertz CT molecular complexity index is 1340. The normalized spacial score (nSPS) is 15.0. The summed E-state index contributed by atoms with van der Waals surface area (Å²) in [6.07, 6.45) is -7.65. The molecule has 0 unspecified atom stereocenters. The van der Waals surface area contributed by atoms with Crippen molar-refractivity contribution in [3.63, 3.8) is 0 Å². The number of nitrogens with zero attached hydrogens (tertiary/aromatic N) is 2. The van der Waals surface area contributed by atoms with Crippen molar-refractivity contribution in [2.24, 2.45) is 16.6 Å². The van der Waals surface area contributed by atoms with Crippen molar-refractivity contribution in [1.29, 1.82) is 5.41 Å². The number of imide groups is 1. The van der Waals surface area contributed by atoms with E-state index in [1.807, 2.05) is 0 Å². The predicted molar refractivity (Wildman–Crippen MR) is 133 cm³/mol. The molecule has 1 saturated heterocycles. The van der Waals surface area contributed by atoms with Crippen LogP contribution in [0.4, 0.5) is 36.8 Å². The second-order valence-electron chi connectivity index (χ2n) is 7.89. The molecular weight excluding hydrogens is 554 g/mol. The summed E-state index contributed by atoms with van der Waals surface area (Å²) in [6.45, 7) is -0.734. The van der Waals surface area contributed by atoms with Crippen LogP contribution in [0.1, 0.15) is 27.8 Å². The van der Waals surface area contributed by atoms with Crippen LogP contribution in [0.2, 0.25) is 0 Å². The molecule has 2 aromatic carbocycles. The van der Waals surface area contributed by atoms with Gasteiger partial charge in [-0.25, -0.2) is 0 Å². The highest BCUT2D eigenvalue weighted by Gasteiger charge is 2.38. The second-order valence-corrected chi connectivity index (χ2v) is 8.89. The van der Waals surface area contributed by atoms with E-state index in [0.29, 0.717) is 23.4 Å². The molecule has 208 valence electrons. The number of benzene rings is 2. The molecule has 1 aliphatic heterocycles. The molecule has 0 saturated carbocycles. The molecule has 0 spiro atoms. The van der Waals surface area contributed by atoms with E-state index in [0.717, 1.165) is 17.2 Å². The van der Waals surface area contributed by atoms with Gasteiger partial charge < -0.3 is 27.0 Å². The highest BCUT2D eigenvalue weighted by Crippen LogP contribution is 2.38. The van der Waals surface area contributed by atoms with Gasteiger partial charge in [-0.3, -0.25) is 14.5 Å². The zero-order valence-corrected chi connectivity index (χ0v) is 20.5. The average molecular weight is 575 g/mol. The zero-order valence-electron chi connectivity index (χ0n) is 19.7. The van der Waals surface area contributed by atoms with Crippen molar-refractivity contribution in [2.75, 3.05) is 18.5 Å². The van der Waals surface area contributed by atoms with E-state index in [9.17, 15) is 35.9 Å². The Balaban J connectivity index is 1.76. The number of hydrogen-bond acceptors (Lipinski definition) is 7. The summed E-state index contributed by atoms with van der Waals surface area (Å²) in [4.78, 5) is 30.5. The molecule has 39 heavy (non-hydrogen) atoms. The Morgan fingerprint density at radius 2 is 1.79 bits per heavy atom. The molecule has 1 aliphatic rings. The number of anilines is 1. The number of carbonyl (C=O) groups excluding carboxylic acids is 2. The Labute approximate surface area is 221 Å². The largest absolute Gasteiger partial charge is 0.416 e. The van der Waals surface area contributed by atoms with Gasteiger partial charge in [-0.1, -0.05) is 12.1 Å². The minimum atomic E-state index is -5.02. The smallest absolute Gasteiger partial charge is 0.391 e. The fraction of sp³-hybridized carbons (Fsp3) is 0.217. The lowest BCUT2D eigenvalue weighted by molar-refractivity contribution is -0.143. The molecule has 1 heterocycles. The summed E-state index contributed by atoms with van der Waals surface area (Å²) in [5.41, 5.74) is 7.80. The maximum absolute atomic E-state index is 13.4. The molecule has 0 aliphatic carbocycles. The van der Waals surface area contributed by atoms with Gasteiger partial charge in [0.15, 0.2) is 0 Å². The number of alkyl halides is 6. The van der Waals surface area contributed by atoms with Crippen LogP contribution in [0, 0.1) is 5.41 Å². The van der Waals surface area contributed by atoms with Crippen molar-refractivity contribution in [2.45, 2.75) is 18.9 Å². The fourth-order valence-electron chi connectivity index (χ4n) is 3.41. The standard InChI is InChI=1S/C23H20F6N6O3S/c24-22(25,26)15-3-2-13(16(9-15)23(27,28)29)11-33-17-4-1-12(7-14(17)10-30)8-18-19(36)35(21(37)39-18)5-6-38-34-20(31)32/h1-4,7-10,30,33H,5-6,11H2,(H4,31,32,34). The summed E-state index contributed by atoms with van der Waals surface area (Å²) in [5, 5.41) is 13.1. The lowest BCUT2D eigenvalue weighted by Crippen LogP contribution is -2.31. The van der Waals surface area contributed by atoms with E-state index in [4.69, 9.17) is 21.7 Å². The predicted octanol–water partition coefficient (Wildman–Crippen LogP) is 4.58. The quantitative estimate of drug-likeness (QED) is 0.0857. The van der Waals surface area contributed by atoms with Gasteiger partial charge in [0.1, 0.15) is 6.61 Å². The lowest BCUT2D eigenvalue weighted by Gasteiger charge is -2.17. The SMILES string of the molecule is N=Cc1cc(C=C2SC(=O)N(CCON=C(N)N)C2=O)ccc1NCc1ccc(C(F)(F)F)cc1C(F)(F)F. The Morgan fingerprint density at radius 3 is 2.41 bits per heavy atom. The third kappa shape index (κ3) is 7.43. The molecule has 6 N–H and O–H groups in total. The van der Waals surface area contributed by atoms with Crippen LogP contribution in [0.15, 0.2) is 46.5 Å². The summed E-state index contributed by atoms with van der Waals surface area (Å²) in [6, 6.07) is 5.72. The lowest BCUT2D eigenvalue weighted by atomic mass is 10.0. The first kappa shape index (κ1) is 29.3. The summed E-state index contributed by atoms with van der Waals surface area (Å²) >= 11 is 0.671. The average Bonchev–Trinajstić information content (AvgIpc) is 3.11. The number of oxime groups is 1. The van der Waals surface area contributed by atoms with Gasteiger partial charge in [0.05, 0.1) is 22.6 Å². The molecule has 0 bridgehead atoms. The van der Waals surface area contributed by atoms with Gasteiger partial charge >= 0.3 is 12.4 Å². The number of carbonyl (C=O) groups is 2. The first-order valence-corrected chi connectivity index (χ1v) is 11.6. The van der Waals surface area contributed by atoms with E-state index in [1.165, 1.54) is 24.3 Å².